The van der Waals surface area contributed by atoms with Crippen LogP contribution in [0, 0.1) is 29.6 Å². The van der Waals surface area contributed by atoms with E-state index >= 15 is 0 Å². The lowest BCUT2D eigenvalue weighted by molar-refractivity contribution is -0.148. The first-order valence-electron chi connectivity index (χ1n) is 26.2. The van der Waals surface area contributed by atoms with Crippen LogP contribution in [0.1, 0.15) is 132 Å². The number of amides is 6. The van der Waals surface area contributed by atoms with Gasteiger partial charge in [-0.05, 0) is 68.6 Å². The van der Waals surface area contributed by atoms with Crippen LogP contribution < -0.4 is 10.6 Å². The van der Waals surface area contributed by atoms with E-state index in [0.717, 1.165) is 18.4 Å². The summed E-state index contributed by atoms with van der Waals surface area (Å²) in [6.45, 7) is 18.1. The quantitative estimate of drug-likeness (QED) is 0.0527. The Kier molecular flexibility index (Phi) is 25.1. The minimum Gasteiger partial charge on any atom is -0.480 e. The van der Waals surface area contributed by atoms with Crippen LogP contribution in [0.4, 0.5) is 0 Å². The Balaban J connectivity index is 1.69. The number of aliphatic hydroxyl groups excluding tert-OH is 1. The normalized spacial score (nSPS) is 21.0. The molecule has 0 spiro atoms. The number of rotatable bonds is 31. The van der Waals surface area contributed by atoms with E-state index in [2.05, 4.69) is 10.6 Å². The number of benzene rings is 1. The Morgan fingerprint density at radius 3 is 2.10 bits per heavy atom. The van der Waals surface area contributed by atoms with Gasteiger partial charge in [-0.2, -0.15) is 11.8 Å². The van der Waals surface area contributed by atoms with Crippen LogP contribution in [0.3, 0.4) is 0 Å². The van der Waals surface area contributed by atoms with Crippen LogP contribution >= 0.6 is 11.8 Å². The number of likely N-dealkylation sites (tertiary alicyclic amines) is 2. The standard InChI is InChI=1S/C54H90N6O11S/c1-15-35(7)47(41(70-12)32-44(63)59-29-23-26-40(59)48(71-13)36(8)49(64)55-39(53(68)69)30-37-24-19-17-20-25-37)58(11)52(67)45(33(3)4)56-50(65)46(34(5)6)57(10)42(61)27-21-18-22-28-60-43(62)31-38(51(60)66)54(9,16-2)72-14/h17,19-20,24-25,33-36,38-41,44-48,63H,15-16,18,21-23,26-32H2,1-14H3,(H,55,64)(H,56,65)(H,68,69)/t35-,36?,38?,39-,40-,41+,44?,45-,46-,47-,48?,54?/m0/s1. The minimum absolute atomic E-state index is 0.0973. The Labute approximate surface area is 434 Å². The van der Waals surface area contributed by atoms with Gasteiger partial charge in [-0.3, -0.25) is 38.6 Å². The van der Waals surface area contributed by atoms with Crippen LogP contribution in [-0.4, -0.2) is 172 Å². The maximum absolute atomic E-state index is 14.7. The Morgan fingerprint density at radius 2 is 1.56 bits per heavy atom. The van der Waals surface area contributed by atoms with Crippen molar-refractivity contribution in [3.05, 3.63) is 35.9 Å². The summed E-state index contributed by atoms with van der Waals surface area (Å²) in [4.78, 5) is 101. The highest BCUT2D eigenvalue weighted by Gasteiger charge is 2.48. The predicted molar refractivity (Wildman–Crippen MR) is 281 cm³/mol. The van der Waals surface area contributed by atoms with Gasteiger partial charge in [0.2, 0.25) is 35.4 Å². The summed E-state index contributed by atoms with van der Waals surface area (Å²) in [5.74, 6) is -4.70. The molecule has 6 amide bonds. The Morgan fingerprint density at radius 1 is 0.903 bits per heavy atom. The first kappa shape index (κ1) is 62.2. The number of imide groups is 1. The van der Waals surface area contributed by atoms with Crippen LogP contribution in [-0.2, 0) is 49.5 Å². The molecule has 0 saturated carbocycles. The number of carbonyl (C=O) groups is 7. The molecule has 2 aliphatic rings. The molecule has 5 unspecified atom stereocenters. The number of hydrogen-bond donors (Lipinski definition) is 4. The number of unbranched alkanes of at least 4 members (excludes halogenated alkanes) is 2. The van der Waals surface area contributed by atoms with Crippen molar-refractivity contribution in [2.24, 2.45) is 29.6 Å². The van der Waals surface area contributed by atoms with E-state index in [1.165, 1.54) is 16.9 Å². The van der Waals surface area contributed by atoms with E-state index in [-0.39, 0.29) is 83.8 Å². The number of thioether (sulfide) groups is 1. The highest BCUT2D eigenvalue weighted by molar-refractivity contribution is 8.00. The average molecular weight is 1030 g/mol. The van der Waals surface area contributed by atoms with Gasteiger partial charge in [0.15, 0.2) is 0 Å². The number of carboxylic acids is 1. The third-order valence-electron chi connectivity index (χ3n) is 15.7. The highest BCUT2D eigenvalue weighted by Crippen LogP contribution is 2.41. The lowest BCUT2D eigenvalue weighted by Gasteiger charge is -2.42. The summed E-state index contributed by atoms with van der Waals surface area (Å²) < 4.78 is 11.8. The number of carboxylic acid groups (broad SMARTS) is 1. The summed E-state index contributed by atoms with van der Waals surface area (Å²) in [6, 6.07) is 5.22. The highest BCUT2D eigenvalue weighted by atomic mass is 32.2. The molecular formula is C54H90N6O11S. The van der Waals surface area contributed by atoms with Crippen LogP contribution in [0.25, 0.3) is 0 Å². The number of aliphatic hydroxyl groups is 1. The largest absolute Gasteiger partial charge is 0.480 e. The summed E-state index contributed by atoms with van der Waals surface area (Å²) in [7, 11) is 6.35. The predicted octanol–water partition coefficient (Wildman–Crippen LogP) is 5.60. The van der Waals surface area contributed by atoms with Gasteiger partial charge >= 0.3 is 5.97 Å². The third-order valence-corrected chi connectivity index (χ3v) is 17.2. The molecule has 3 rings (SSSR count). The fourth-order valence-corrected chi connectivity index (χ4v) is 11.5. The molecule has 2 fully saturated rings. The molecule has 2 saturated heterocycles. The van der Waals surface area contributed by atoms with E-state index in [0.29, 0.717) is 45.2 Å². The molecule has 0 radical (unpaired) electrons. The van der Waals surface area contributed by atoms with Crippen molar-refractivity contribution >= 4 is 53.2 Å². The third kappa shape index (κ3) is 16.0. The van der Waals surface area contributed by atoms with Gasteiger partial charge in [0.1, 0.15) is 24.4 Å². The molecule has 12 atom stereocenters. The molecule has 4 N–H and O–H groups in total. The lowest BCUT2D eigenvalue weighted by Crippen LogP contribution is -2.60. The van der Waals surface area contributed by atoms with Crippen molar-refractivity contribution in [3.8, 4) is 0 Å². The summed E-state index contributed by atoms with van der Waals surface area (Å²) in [6.07, 6.45) is 4.74. The SMILES string of the molecule is CC[C@H](C)[C@@H]([C@@H](CC(O)N1CCC[C@H]1C(OC)C(C)C(=O)N[C@@H](Cc1ccccc1)C(=O)O)OC)N(C)C(=O)[C@@H](NC(=O)[C@H](C(C)C)N(C)C(=O)CCCCCN1C(=O)CC(C(C)(CC)SC)C1=O)C(C)C. The van der Waals surface area contributed by atoms with Gasteiger partial charge in [0.05, 0.1) is 30.1 Å². The number of hydrogen-bond acceptors (Lipinski definition) is 12. The number of nitrogens with one attached hydrogen (secondary N) is 2. The van der Waals surface area contributed by atoms with Crippen molar-refractivity contribution in [1.29, 1.82) is 0 Å². The first-order valence-corrected chi connectivity index (χ1v) is 27.5. The minimum atomic E-state index is -1.15. The zero-order valence-corrected chi connectivity index (χ0v) is 46.7. The van der Waals surface area contributed by atoms with E-state index in [1.54, 1.807) is 44.8 Å². The zero-order valence-electron chi connectivity index (χ0n) is 45.9. The number of ether oxygens (including phenoxy) is 2. The second-order valence-corrected chi connectivity index (χ2v) is 22.4. The maximum Gasteiger partial charge on any atom is 0.326 e. The van der Waals surface area contributed by atoms with Crippen molar-refractivity contribution in [2.45, 2.75) is 186 Å². The van der Waals surface area contributed by atoms with Crippen LogP contribution in [0.2, 0.25) is 0 Å². The summed E-state index contributed by atoms with van der Waals surface area (Å²) >= 11 is 1.62. The lowest BCUT2D eigenvalue weighted by atomic mass is 9.89. The number of aliphatic carboxylic acids is 1. The van der Waals surface area contributed by atoms with Gasteiger partial charge in [-0.15, -0.1) is 0 Å². The van der Waals surface area contributed by atoms with Crippen molar-refractivity contribution in [1.82, 2.24) is 30.2 Å². The smallest absolute Gasteiger partial charge is 0.326 e. The van der Waals surface area contributed by atoms with Gasteiger partial charge < -0.3 is 40.1 Å². The molecule has 17 nitrogen and oxygen atoms in total. The molecule has 72 heavy (non-hydrogen) atoms. The van der Waals surface area contributed by atoms with Crippen LogP contribution in [0.5, 0.6) is 0 Å². The number of nitrogens with zero attached hydrogens (tertiary/aromatic N) is 4. The molecule has 0 bridgehead atoms. The molecule has 0 aliphatic carbocycles. The molecule has 18 heteroatoms. The number of carbonyl (C=O) groups excluding carboxylic acids is 6. The van der Waals surface area contributed by atoms with Crippen LogP contribution in [0.15, 0.2) is 30.3 Å². The van der Waals surface area contributed by atoms with Gasteiger partial charge in [-0.25, -0.2) is 4.79 Å². The van der Waals surface area contributed by atoms with Crippen molar-refractivity contribution in [3.63, 3.8) is 0 Å². The maximum atomic E-state index is 14.7. The number of methoxy groups -OCH3 is 2. The van der Waals surface area contributed by atoms with Gasteiger partial charge in [0.25, 0.3) is 0 Å². The molecule has 2 heterocycles. The van der Waals surface area contributed by atoms with Gasteiger partial charge in [-0.1, -0.05) is 98.6 Å². The molecular weight excluding hydrogens is 941 g/mol. The van der Waals surface area contributed by atoms with E-state index < -0.39 is 66.3 Å². The Hall–Kier alpha value is -4.10. The summed E-state index contributed by atoms with van der Waals surface area (Å²) in [5.41, 5.74) is 0.775. The van der Waals surface area contributed by atoms with E-state index in [9.17, 15) is 43.8 Å². The molecule has 2 aliphatic heterocycles. The van der Waals surface area contributed by atoms with Crippen molar-refractivity contribution in [2.75, 3.05) is 47.7 Å². The molecule has 1 aromatic rings. The van der Waals surface area contributed by atoms with E-state index in [1.807, 2.05) is 96.9 Å². The molecule has 1 aromatic carbocycles. The molecule has 0 aromatic heterocycles. The summed E-state index contributed by atoms with van der Waals surface area (Å²) in [5, 5.41) is 27.7. The number of likely N-dealkylation sites (N-methyl/N-ethyl adjacent to an activating group) is 2. The Bertz CT molecular complexity index is 1940. The fourth-order valence-electron chi connectivity index (χ4n) is 10.7. The monoisotopic (exact) mass is 1030 g/mol. The van der Waals surface area contributed by atoms with E-state index in [4.69, 9.17) is 9.47 Å². The zero-order chi connectivity index (χ0) is 54.2. The first-order chi connectivity index (χ1) is 33.9. The second kappa shape index (κ2) is 29.1. The molecule has 408 valence electrons. The van der Waals surface area contributed by atoms with Gasteiger partial charge in [0, 0.05) is 77.9 Å². The van der Waals surface area contributed by atoms with Crippen molar-refractivity contribution < 1.29 is 53.2 Å². The second-order valence-electron chi connectivity index (χ2n) is 21.1. The topological polar surface area (TPSA) is 215 Å². The fraction of sp³-hybridized carbons (Fsp3) is 0.759. The average Bonchev–Trinajstić information content (AvgIpc) is 3.95.